The van der Waals surface area contributed by atoms with Crippen LogP contribution >= 0.6 is 0 Å². The minimum atomic E-state index is -0.305. The van der Waals surface area contributed by atoms with Crippen molar-refractivity contribution in [1.29, 1.82) is 0 Å². The molecule has 6 heteroatoms. The quantitative estimate of drug-likeness (QED) is 0.798. The number of hydrogen-bond donors (Lipinski definition) is 1. The molecule has 0 spiro atoms. The van der Waals surface area contributed by atoms with Gasteiger partial charge in [0.05, 0.1) is 31.1 Å². The van der Waals surface area contributed by atoms with Crippen molar-refractivity contribution < 1.29 is 9.13 Å². The van der Waals surface area contributed by atoms with Crippen molar-refractivity contribution in [3.05, 3.63) is 59.9 Å². The summed E-state index contributed by atoms with van der Waals surface area (Å²) in [4.78, 5) is 4.12. The van der Waals surface area contributed by atoms with Gasteiger partial charge in [-0.2, -0.15) is 5.10 Å². The molecule has 21 heavy (non-hydrogen) atoms. The Hall–Kier alpha value is -2.47. The first-order chi connectivity index (χ1) is 10.2. The van der Waals surface area contributed by atoms with Crippen molar-refractivity contribution in [3.63, 3.8) is 0 Å². The van der Waals surface area contributed by atoms with Crippen LogP contribution < -0.4 is 10.1 Å². The lowest BCUT2D eigenvalue weighted by atomic mass is 9.99. The van der Waals surface area contributed by atoms with Crippen LogP contribution in [0.5, 0.6) is 5.75 Å². The van der Waals surface area contributed by atoms with Crippen molar-refractivity contribution >= 4 is 5.52 Å². The fourth-order valence-corrected chi connectivity index (χ4v) is 2.48. The Bertz CT molecular complexity index is 771. The number of benzene rings is 1. The molecule has 0 saturated carbocycles. The van der Waals surface area contributed by atoms with Crippen molar-refractivity contribution in [2.75, 3.05) is 14.2 Å². The monoisotopic (exact) mass is 286 g/mol. The van der Waals surface area contributed by atoms with Crippen LogP contribution in [0, 0.1) is 5.82 Å². The van der Waals surface area contributed by atoms with Crippen LogP contribution in [0.25, 0.3) is 5.52 Å². The molecule has 3 rings (SSSR count). The van der Waals surface area contributed by atoms with Crippen LogP contribution in [0.1, 0.15) is 17.2 Å². The smallest absolute Gasteiger partial charge is 0.124 e. The second-order valence-corrected chi connectivity index (χ2v) is 4.61. The van der Waals surface area contributed by atoms with E-state index in [1.54, 1.807) is 42.5 Å². The van der Waals surface area contributed by atoms with Gasteiger partial charge >= 0.3 is 0 Å². The highest BCUT2D eigenvalue weighted by molar-refractivity contribution is 5.57. The molecule has 2 heterocycles. The van der Waals surface area contributed by atoms with Crippen LogP contribution in [0.3, 0.4) is 0 Å². The Morgan fingerprint density at radius 1 is 1.29 bits per heavy atom. The van der Waals surface area contributed by atoms with Gasteiger partial charge in [-0.05, 0) is 25.2 Å². The van der Waals surface area contributed by atoms with Gasteiger partial charge in [0.25, 0.3) is 0 Å². The molecular weight excluding hydrogens is 271 g/mol. The molecule has 0 aliphatic rings. The summed E-state index contributed by atoms with van der Waals surface area (Å²) in [7, 11) is 3.38. The fourth-order valence-electron chi connectivity index (χ4n) is 2.48. The minimum absolute atomic E-state index is 0.239. The van der Waals surface area contributed by atoms with Gasteiger partial charge in [-0.15, -0.1) is 0 Å². The molecule has 3 aromatic rings. The fraction of sp³-hybridized carbons (Fsp3) is 0.200. The summed E-state index contributed by atoms with van der Waals surface area (Å²) in [5, 5.41) is 7.48. The van der Waals surface area contributed by atoms with Crippen LogP contribution in [0.15, 0.2) is 43.0 Å². The Kier molecular flexibility index (Phi) is 3.53. The molecule has 1 aromatic carbocycles. The number of ether oxygens (including phenoxy) is 1. The van der Waals surface area contributed by atoms with Crippen LogP contribution in [0.2, 0.25) is 0 Å². The van der Waals surface area contributed by atoms with Crippen LogP contribution in [0.4, 0.5) is 4.39 Å². The number of halogens is 1. The highest BCUT2D eigenvalue weighted by Gasteiger charge is 2.21. The molecule has 1 N–H and O–H groups in total. The zero-order valence-corrected chi connectivity index (χ0v) is 11.7. The zero-order valence-electron chi connectivity index (χ0n) is 11.7. The minimum Gasteiger partial charge on any atom is -0.496 e. The first kappa shape index (κ1) is 13.5. The third-order valence-electron chi connectivity index (χ3n) is 3.46. The zero-order chi connectivity index (χ0) is 14.8. The lowest BCUT2D eigenvalue weighted by molar-refractivity contribution is 0.404. The summed E-state index contributed by atoms with van der Waals surface area (Å²) in [6.45, 7) is 0. The topological polar surface area (TPSA) is 51.5 Å². The third kappa shape index (κ3) is 2.34. The third-order valence-corrected chi connectivity index (χ3v) is 3.46. The van der Waals surface area contributed by atoms with E-state index in [1.807, 2.05) is 7.05 Å². The van der Waals surface area contributed by atoms with E-state index in [4.69, 9.17) is 4.74 Å². The van der Waals surface area contributed by atoms with E-state index in [9.17, 15) is 4.39 Å². The average Bonchev–Trinajstić information content (AvgIpc) is 2.93. The number of methoxy groups -OCH3 is 1. The molecule has 0 amide bonds. The van der Waals surface area contributed by atoms with Gasteiger partial charge in [0, 0.05) is 23.5 Å². The molecular formula is C15H15FN4O. The number of hydrogen-bond acceptors (Lipinski definition) is 4. The standard InChI is InChI=1S/C15H15FN4O/c1-17-15(11-7-10(16)3-4-14(11)21-2)12-8-19-20-6-5-18-9-13(12)20/h3-9,15,17H,1-2H3. The molecule has 1 atom stereocenters. The van der Waals surface area contributed by atoms with Crippen LogP contribution in [-0.2, 0) is 0 Å². The molecule has 2 aromatic heterocycles. The maximum atomic E-state index is 13.6. The normalized spacial score (nSPS) is 12.5. The van der Waals surface area contributed by atoms with Gasteiger partial charge in [0.1, 0.15) is 11.6 Å². The van der Waals surface area contributed by atoms with Gasteiger partial charge in [0.2, 0.25) is 0 Å². The molecule has 108 valence electrons. The number of aromatic nitrogens is 3. The SMILES string of the molecule is CNC(c1cc(F)ccc1OC)c1cnn2ccncc12. The van der Waals surface area contributed by atoms with Gasteiger partial charge < -0.3 is 10.1 Å². The summed E-state index contributed by atoms with van der Waals surface area (Å²) in [5.41, 5.74) is 2.50. The maximum absolute atomic E-state index is 13.6. The molecule has 0 bridgehead atoms. The number of nitrogens with one attached hydrogen (secondary N) is 1. The summed E-state index contributed by atoms with van der Waals surface area (Å²) in [6.07, 6.45) is 6.93. The molecule has 0 fully saturated rings. The Labute approximate surface area is 121 Å². The molecule has 5 nitrogen and oxygen atoms in total. The van der Waals surface area contributed by atoms with Crippen molar-refractivity contribution in [3.8, 4) is 5.75 Å². The van der Waals surface area contributed by atoms with E-state index in [1.165, 1.54) is 12.1 Å². The predicted molar refractivity (Wildman–Crippen MR) is 76.8 cm³/mol. The van der Waals surface area contributed by atoms with Gasteiger partial charge in [-0.1, -0.05) is 0 Å². The molecule has 0 radical (unpaired) electrons. The predicted octanol–water partition coefficient (Wildman–Crippen LogP) is 2.19. The molecule has 1 unspecified atom stereocenters. The summed E-state index contributed by atoms with van der Waals surface area (Å²) in [6, 6.07) is 4.24. The second-order valence-electron chi connectivity index (χ2n) is 4.61. The highest BCUT2D eigenvalue weighted by atomic mass is 19.1. The highest BCUT2D eigenvalue weighted by Crippen LogP contribution is 2.32. The van der Waals surface area contributed by atoms with Crippen molar-refractivity contribution in [2.24, 2.45) is 0 Å². The average molecular weight is 286 g/mol. The first-order valence-electron chi connectivity index (χ1n) is 6.52. The lowest BCUT2D eigenvalue weighted by Crippen LogP contribution is -2.18. The van der Waals surface area contributed by atoms with E-state index < -0.39 is 0 Å². The first-order valence-corrected chi connectivity index (χ1v) is 6.52. The van der Waals surface area contributed by atoms with Crippen molar-refractivity contribution in [2.45, 2.75) is 6.04 Å². The summed E-state index contributed by atoms with van der Waals surface area (Å²) in [5.74, 6) is 0.319. The Balaban J connectivity index is 2.16. The van der Waals surface area contributed by atoms with E-state index in [2.05, 4.69) is 15.4 Å². The van der Waals surface area contributed by atoms with E-state index in [0.717, 1.165) is 16.6 Å². The van der Waals surface area contributed by atoms with Crippen LogP contribution in [-0.4, -0.2) is 28.8 Å². The largest absolute Gasteiger partial charge is 0.496 e. The lowest BCUT2D eigenvalue weighted by Gasteiger charge is -2.18. The number of fused-ring (bicyclic) bond motifs is 1. The molecule has 0 aliphatic heterocycles. The molecule has 0 aliphatic carbocycles. The Morgan fingerprint density at radius 2 is 2.14 bits per heavy atom. The van der Waals surface area contributed by atoms with E-state index in [0.29, 0.717) is 5.75 Å². The van der Waals surface area contributed by atoms with E-state index in [-0.39, 0.29) is 11.9 Å². The Morgan fingerprint density at radius 3 is 2.90 bits per heavy atom. The maximum Gasteiger partial charge on any atom is 0.124 e. The molecule has 0 saturated heterocycles. The summed E-state index contributed by atoms with van der Waals surface area (Å²) >= 11 is 0. The van der Waals surface area contributed by atoms with E-state index >= 15 is 0 Å². The van der Waals surface area contributed by atoms with Crippen molar-refractivity contribution in [1.82, 2.24) is 19.9 Å². The van der Waals surface area contributed by atoms with Gasteiger partial charge in [0.15, 0.2) is 0 Å². The van der Waals surface area contributed by atoms with Gasteiger partial charge in [-0.3, -0.25) is 4.98 Å². The summed E-state index contributed by atoms with van der Waals surface area (Å²) < 4.78 is 20.7. The second kappa shape index (κ2) is 5.49. The van der Waals surface area contributed by atoms with Gasteiger partial charge in [-0.25, -0.2) is 8.91 Å². The number of rotatable bonds is 4. The number of nitrogens with zero attached hydrogens (tertiary/aromatic N) is 3.